The van der Waals surface area contributed by atoms with Gasteiger partial charge in [0.25, 0.3) is 0 Å². The average Bonchev–Trinajstić information content (AvgIpc) is 2.70. The smallest absolute Gasteiger partial charge is 0.323 e. The second kappa shape index (κ2) is 9.28. The fourth-order valence-electron chi connectivity index (χ4n) is 3.20. The molecule has 3 rings (SSSR count). The Labute approximate surface area is 160 Å². The maximum Gasteiger partial charge on any atom is 0.323 e. The van der Waals surface area contributed by atoms with Crippen molar-refractivity contribution in [2.24, 2.45) is 0 Å². The normalized spacial score (nSPS) is 14.7. The van der Waals surface area contributed by atoms with E-state index in [4.69, 9.17) is 9.47 Å². The molecule has 0 saturated carbocycles. The van der Waals surface area contributed by atoms with Gasteiger partial charge in [-0.05, 0) is 68.3 Å². The van der Waals surface area contributed by atoms with Gasteiger partial charge in [0.1, 0.15) is 5.75 Å². The number of amides is 2. The highest BCUT2D eigenvalue weighted by atomic mass is 16.5. The van der Waals surface area contributed by atoms with E-state index >= 15 is 0 Å². The van der Waals surface area contributed by atoms with Crippen molar-refractivity contribution < 1.29 is 14.3 Å². The number of methoxy groups -OCH3 is 1. The molecule has 0 bridgehead atoms. The topological polar surface area (TPSA) is 62.8 Å². The van der Waals surface area contributed by atoms with E-state index in [1.54, 1.807) is 7.11 Å². The second-order valence-corrected chi connectivity index (χ2v) is 6.51. The molecular weight excluding hydrogens is 342 g/mol. The van der Waals surface area contributed by atoms with Gasteiger partial charge in [0.2, 0.25) is 0 Å². The molecule has 2 aromatic carbocycles. The number of carbonyl (C=O) groups is 1. The molecule has 2 amide bonds. The summed E-state index contributed by atoms with van der Waals surface area (Å²) in [4.78, 5) is 14.5. The zero-order valence-electron chi connectivity index (χ0n) is 15.9. The molecule has 144 valence electrons. The third-order valence-electron chi connectivity index (χ3n) is 4.69. The molecule has 6 heteroatoms. The first-order valence-corrected chi connectivity index (χ1v) is 9.36. The van der Waals surface area contributed by atoms with Crippen LogP contribution < -0.4 is 20.3 Å². The molecule has 0 atom stereocenters. The lowest BCUT2D eigenvalue weighted by Crippen LogP contribution is -2.36. The predicted molar refractivity (Wildman–Crippen MR) is 109 cm³/mol. The SMILES string of the molecule is CCOc1ccc(NC(=O)Nc2ccc(N3CCC(OC)CC3)cc2)cc1. The van der Waals surface area contributed by atoms with Crippen molar-refractivity contribution in [1.82, 2.24) is 0 Å². The fraction of sp³-hybridized carbons (Fsp3) is 0.381. The third-order valence-corrected chi connectivity index (χ3v) is 4.69. The lowest BCUT2D eigenvalue weighted by atomic mass is 10.1. The summed E-state index contributed by atoms with van der Waals surface area (Å²) in [6.45, 7) is 4.53. The molecule has 2 N–H and O–H groups in total. The van der Waals surface area contributed by atoms with Crippen molar-refractivity contribution in [2.75, 3.05) is 42.3 Å². The minimum Gasteiger partial charge on any atom is -0.494 e. The lowest BCUT2D eigenvalue weighted by molar-refractivity contribution is 0.0819. The highest BCUT2D eigenvalue weighted by molar-refractivity contribution is 5.99. The van der Waals surface area contributed by atoms with E-state index in [9.17, 15) is 4.79 Å². The van der Waals surface area contributed by atoms with Gasteiger partial charge < -0.3 is 25.0 Å². The first kappa shape index (κ1) is 19.0. The molecular formula is C21H27N3O3. The summed E-state index contributed by atoms with van der Waals surface area (Å²) in [5.74, 6) is 0.786. The first-order chi connectivity index (χ1) is 13.2. The van der Waals surface area contributed by atoms with E-state index in [2.05, 4.69) is 15.5 Å². The molecule has 1 saturated heterocycles. The molecule has 1 aliphatic heterocycles. The standard InChI is InChI=1S/C21H27N3O3/c1-3-27-20-10-6-17(7-11-20)23-21(25)22-16-4-8-18(9-5-16)24-14-12-19(26-2)13-15-24/h4-11,19H,3,12-15H2,1-2H3,(H2,22,23,25). The van der Waals surface area contributed by atoms with Crippen molar-refractivity contribution in [2.45, 2.75) is 25.9 Å². The molecule has 1 aliphatic rings. The Bertz CT molecular complexity index is 723. The van der Waals surface area contributed by atoms with Crippen LogP contribution in [0.3, 0.4) is 0 Å². The number of urea groups is 1. The minimum absolute atomic E-state index is 0.271. The molecule has 1 fully saturated rings. The number of nitrogens with one attached hydrogen (secondary N) is 2. The van der Waals surface area contributed by atoms with Crippen LogP contribution >= 0.6 is 0 Å². The summed E-state index contributed by atoms with van der Waals surface area (Å²) < 4.78 is 10.8. The molecule has 0 aliphatic carbocycles. The summed E-state index contributed by atoms with van der Waals surface area (Å²) in [6.07, 6.45) is 2.45. The molecule has 0 aromatic heterocycles. The summed E-state index contributed by atoms with van der Waals surface area (Å²) in [7, 11) is 1.78. The van der Waals surface area contributed by atoms with Crippen molar-refractivity contribution in [3.8, 4) is 5.75 Å². The van der Waals surface area contributed by atoms with E-state index in [0.29, 0.717) is 18.4 Å². The Hall–Kier alpha value is -2.73. The van der Waals surface area contributed by atoms with Crippen LogP contribution in [0.5, 0.6) is 5.75 Å². The molecule has 6 nitrogen and oxygen atoms in total. The predicted octanol–water partition coefficient (Wildman–Crippen LogP) is 4.34. The van der Waals surface area contributed by atoms with E-state index in [0.717, 1.165) is 37.4 Å². The summed E-state index contributed by atoms with van der Waals surface area (Å²) in [6, 6.07) is 15.0. The minimum atomic E-state index is -0.271. The van der Waals surface area contributed by atoms with Gasteiger partial charge in [-0.15, -0.1) is 0 Å². The number of hydrogen-bond donors (Lipinski definition) is 2. The zero-order valence-corrected chi connectivity index (χ0v) is 15.9. The van der Waals surface area contributed by atoms with Gasteiger partial charge in [-0.1, -0.05) is 0 Å². The third kappa shape index (κ3) is 5.37. The van der Waals surface area contributed by atoms with Gasteiger partial charge in [0.05, 0.1) is 12.7 Å². The second-order valence-electron chi connectivity index (χ2n) is 6.51. The van der Waals surface area contributed by atoms with Gasteiger partial charge in [0, 0.05) is 37.3 Å². The van der Waals surface area contributed by atoms with E-state index in [-0.39, 0.29) is 6.03 Å². The number of hydrogen-bond acceptors (Lipinski definition) is 4. The average molecular weight is 369 g/mol. The Morgan fingerprint density at radius 2 is 1.56 bits per heavy atom. The van der Waals surface area contributed by atoms with Crippen molar-refractivity contribution in [1.29, 1.82) is 0 Å². The largest absolute Gasteiger partial charge is 0.494 e. The van der Waals surface area contributed by atoms with Gasteiger partial charge in [0.15, 0.2) is 0 Å². The zero-order chi connectivity index (χ0) is 19.1. The molecule has 0 spiro atoms. The van der Waals surface area contributed by atoms with Crippen LogP contribution in [-0.4, -0.2) is 38.9 Å². The monoisotopic (exact) mass is 369 g/mol. The summed E-state index contributed by atoms with van der Waals surface area (Å²) >= 11 is 0. The van der Waals surface area contributed by atoms with Crippen LogP contribution in [0.25, 0.3) is 0 Å². The van der Waals surface area contributed by atoms with Crippen LogP contribution in [0, 0.1) is 0 Å². The van der Waals surface area contributed by atoms with Gasteiger partial charge in [-0.3, -0.25) is 0 Å². The Kier molecular flexibility index (Phi) is 6.54. The number of ether oxygens (including phenoxy) is 2. The molecule has 2 aromatic rings. The highest BCUT2D eigenvalue weighted by Gasteiger charge is 2.18. The Balaban J connectivity index is 1.51. The summed E-state index contributed by atoms with van der Waals surface area (Å²) in [5, 5.41) is 5.68. The molecule has 0 radical (unpaired) electrons. The van der Waals surface area contributed by atoms with Crippen molar-refractivity contribution in [3.63, 3.8) is 0 Å². The van der Waals surface area contributed by atoms with E-state index in [1.165, 1.54) is 5.69 Å². The Morgan fingerprint density at radius 1 is 1.00 bits per heavy atom. The van der Waals surface area contributed by atoms with Gasteiger partial charge in [-0.25, -0.2) is 4.79 Å². The molecule has 1 heterocycles. The van der Waals surface area contributed by atoms with Crippen molar-refractivity contribution >= 4 is 23.1 Å². The first-order valence-electron chi connectivity index (χ1n) is 9.36. The van der Waals surface area contributed by atoms with Gasteiger partial charge in [-0.2, -0.15) is 0 Å². The van der Waals surface area contributed by atoms with E-state index < -0.39 is 0 Å². The molecule has 27 heavy (non-hydrogen) atoms. The Morgan fingerprint density at radius 3 is 2.07 bits per heavy atom. The number of carbonyl (C=O) groups excluding carboxylic acids is 1. The van der Waals surface area contributed by atoms with Crippen LogP contribution in [0.1, 0.15) is 19.8 Å². The number of anilines is 3. The van der Waals surface area contributed by atoms with Gasteiger partial charge >= 0.3 is 6.03 Å². The number of benzene rings is 2. The van der Waals surface area contributed by atoms with Crippen LogP contribution in [0.4, 0.5) is 21.9 Å². The fourth-order valence-corrected chi connectivity index (χ4v) is 3.20. The number of rotatable bonds is 6. The maximum atomic E-state index is 12.2. The van der Waals surface area contributed by atoms with Crippen molar-refractivity contribution in [3.05, 3.63) is 48.5 Å². The van der Waals surface area contributed by atoms with E-state index in [1.807, 2.05) is 55.5 Å². The van der Waals surface area contributed by atoms with Crippen LogP contribution in [-0.2, 0) is 4.74 Å². The lowest BCUT2D eigenvalue weighted by Gasteiger charge is -2.33. The van der Waals surface area contributed by atoms with Crippen LogP contribution in [0.15, 0.2) is 48.5 Å². The van der Waals surface area contributed by atoms with Crippen LogP contribution in [0.2, 0.25) is 0 Å². The highest BCUT2D eigenvalue weighted by Crippen LogP contribution is 2.23. The maximum absolute atomic E-state index is 12.2. The summed E-state index contributed by atoms with van der Waals surface area (Å²) in [5.41, 5.74) is 2.64. The number of nitrogens with zero attached hydrogens (tertiary/aromatic N) is 1. The quantitative estimate of drug-likeness (QED) is 0.795. The molecule has 0 unspecified atom stereocenters. The number of piperidine rings is 1.